The van der Waals surface area contributed by atoms with Gasteiger partial charge in [0.25, 0.3) is 5.91 Å². The number of nitrogens with one attached hydrogen (secondary N) is 2. The molecule has 5 heteroatoms. The molecule has 0 saturated carbocycles. The van der Waals surface area contributed by atoms with Crippen molar-refractivity contribution in [3.05, 3.63) is 71.9 Å². The molecular formula is C18H17N3O2. The molecule has 2 aromatic rings. The minimum Gasteiger partial charge on any atom is -0.497 e. The molecule has 0 fully saturated rings. The van der Waals surface area contributed by atoms with Crippen molar-refractivity contribution in [2.75, 3.05) is 12.4 Å². The summed E-state index contributed by atoms with van der Waals surface area (Å²) in [7, 11) is 1.58. The maximum Gasteiger partial charge on any atom is 0.263 e. The second-order valence-corrected chi connectivity index (χ2v) is 4.71. The Kier molecular flexibility index (Phi) is 5.78. The van der Waals surface area contributed by atoms with E-state index >= 15 is 0 Å². The van der Waals surface area contributed by atoms with E-state index in [4.69, 9.17) is 10.00 Å². The highest BCUT2D eigenvalue weighted by atomic mass is 16.5. The summed E-state index contributed by atoms with van der Waals surface area (Å²) < 4.78 is 5.12. The molecule has 23 heavy (non-hydrogen) atoms. The first-order valence-electron chi connectivity index (χ1n) is 7.06. The number of amides is 1. The van der Waals surface area contributed by atoms with Crippen molar-refractivity contribution in [1.29, 1.82) is 5.26 Å². The number of anilines is 1. The van der Waals surface area contributed by atoms with Crippen LogP contribution in [0.5, 0.6) is 5.75 Å². The number of benzene rings is 2. The second-order valence-electron chi connectivity index (χ2n) is 4.71. The standard InChI is InChI=1S/C18H17N3O2/c1-23-17-9-5-8-16(10-17)20-13-15(11-19)18(22)21-12-14-6-3-2-4-7-14/h2-10,13,20H,12H2,1H3,(H,21,22)/b15-13+. The molecule has 0 unspecified atom stereocenters. The maximum atomic E-state index is 12.0. The summed E-state index contributed by atoms with van der Waals surface area (Å²) in [6, 6.07) is 18.6. The van der Waals surface area contributed by atoms with Crippen molar-refractivity contribution >= 4 is 11.6 Å². The number of hydrogen-bond acceptors (Lipinski definition) is 4. The van der Waals surface area contributed by atoms with Crippen LogP contribution in [0.25, 0.3) is 0 Å². The van der Waals surface area contributed by atoms with Crippen molar-refractivity contribution in [3.8, 4) is 11.8 Å². The fourth-order valence-corrected chi connectivity index (χ4v) is 1.89. The lowest BCUT2D eigenvalue weighted by Crippen LogP contribution is -2.24. The Morgan fingerprint density at radius 1 is 1.22 bits per heavy atom. The van der Waals surface area contributed by atoms with Crippen LogP contribution in [0.2, 0.25) is 0 Å². The molecule has 2 aromatic carbocycles. The number of nitriles is 1. The van der Waals surface area contributed by atoms with E-state index in [0.717, 1.165) is 11.3 Å². The Morgan fingerprint density at radius 3 is 2.70 bits per heavy atom. The first kappa shape index (κ1) is 16.1. The summed E-state index contributed by atoms with van der Waals surface area (Å²) in [5.74, 6) is 0.266. The van der Waals surface area contributed by atoms with E-state index in [1.165, 1.54) is 6.20 Å². The zero-order chi connectivity index (χ0) is 16.5. The Labute approximate surface area is 135 Å². The Balaban J connectivity index is 1.97. The number of rotatable bonds is 6. The molecule has 0 radical (unpaired) electrons. The van der Waals surface area contributed by atoms with Gasteiger partial charge in [-0.25, -0.2) is 0 Å². The van der Waals surface area contributed by atoms with Crippen LogP contribution in [-0.4, -0.2) is 13.0 Å². The number of ether oxygens (including phenoxy) is 1. The highest BCUT2D eigenvalue weighted by Gasteiger charge is 2.08. The van der Waals surface area contributed by atoms with Crippen LogP contribution in [0.1, 0.15) is 5.56 Å². The third-order valence-corrected chi connectivity index (χ3v) is 3.11. The Morgan fingerprint density at radius 2 is 2.00 bits per heavy atom. The SMILES string of the molecule is COc1cccc(N/C=C(\C#N)C(=O)NCc2ccccc2)c1. The van der Waals surface area contributed by atoms with Gasteiger partial charge in [-0.05, 0) is 17.7 Å². The molecule has 116 valence electrons. The highest BCUT2D eigenvalue weighted by molar-refractivity contribution is 5.97. The quantitative estimate of drug-likeness (QED) is 0.636. The molecule has 0 aliphatic rings. The number of methoxy groups -OCH3 is 1. The van der Waals surface area contributed by atoms with Crippen molar-refractivity contribution in [3.63, 3.8) is 0 Å². The van der Waals surface area contributed by atoms with E-state index in [2.05, 4.69) is 10.6 Å². The lowest BCUT2D eigenvalue weighted by molar-refractivity contribution is -0.117. The summed E-state index contributed by atoms with van der Waals surface area (Å²) in [5, 5.41) is 14.8. The van der Waals surface area contributed by atoms with Gasteiger partial charge >= 0.3 is 0 Å². The molecule has 0 atom stereocenters. The monoisotopic (exact) mass is 307 g/mol. The van der Waals surface area contributed by atoms with Crippen molar-refractivity contribution in [2.45, 2.75) is 6.54 Å². The van der Waals surface area contributed by atoms with Crippen LogP contribution in [0.15, 0.2) is 66.4 Å². The zero-order valence-electron chi connectivity index (χ0n) is 12.7. The summed E-state index contributed by atoms with van der Waals surface area (Å²) in [5.41, 5.74) is 1.70. The minimum absolute atomic E-state index is 0.00347. The number of carbonyl (C=O) groups is 1. The molecule has 2 rings (SSSR count). The molecule has 1 amide bonds. The van der Waals surface area contributed by atoms with Crippen LogP contribution in [-0.2, 0) is 11.3 Å². The van der Waals surface area contributed by atoms with Crippen molar-refractivity contribution < 1.29 is 9.53 Å². The predicted molar refractivity (Wildman–Crippen MR) is 88.6 cm³/mol. The van der Waals surface area contributed by atoms with Gasteiger partial charge in [-0.1, -0.05) is 36.4 Å². The predicted octanol–water partition coefficient (Wildman–Crippen LogP) is 2.83. The topological polar surface area (TPSA) is 74.1 Å². The number of hydrogen-bond donors (Lipinski definition) is 2. The maximum absolute atomic E-state index is 12.0. The number of nitrogens with zero attached hydrogens (tertiary/aromatic N) is 1. The first-order valence-corrected chi connectivity index (χ1v) is 7.06. The van der Waals surface area contributed by atoms with Crippen LogP contribution < -0.4 is 15.4 Å². The zero-order valence-corrected chi connectivity index (χ0v) is 12.7. The molecule has 0 aliphatic carbocycles. The fourth-order valence-electron chi connectivity index (χ4n) is 1.89. The average Bonchev–Trinajstić information content (AvgIpc) is 2.61. The second kappa shape index (κ2) is 8.25. The lowest BCUT2D eigenvalue weighted by atomic mass is 10.2. The summed E-state index contributed by atoms with van der Waals surface area (Å²) in [6.45, 7) is 0.373. The Hall–Kier alpha value is -3.26. The summed E-state index contributed by atoms with van der Waals surface area (Å²) in [4.78, 5) is 12.0. The third kappa shape index (κ3) is 4.90. The van der Waals surface area contributed by atoms with E-state index in [9.17, 15) is 4.79 Å². The normalized spacial score (nSPS) is 10.5. The fraction of sp³-hybridized carbons (Fsp3) is 0.111. The molecular weight excluding hydrogens is 290 g/mol. The number of carbonyl (C=O) groups excluding carboxylic acids is 1. The summed E-state index contributed by atoms with van der Waals surface area (Å²) >= 11 is 0. The Bertz CT molecular complexity index is 733. The molecule has 0 spiro atoms. The average molecular weight is 307 g/mol. The van der Waals surface area contributed by atoms with Gasteiger partial charge in [-0.15, -0.1) is 0 Å². The molecule has 0 aliphatic heterocycles. The molecule has 2 N–H and O–H groups in total. The highest BCUT2D eigenvalue weighted by Crippen LogP contribution is 2.16. The van der Waals surface area contributed by atoms with Gasteiger partial charge < -0.3 is 15.4 Å². The van der Waals surface area contributed by atoms with Crippen LogP contribution >= 0.6 is 0 Å². The van der Waals surface area contributed by atoms with Crippen molar-refractivity contribution in [1.82, 2.24) is 5.32 Å². The summed E-state index contributed by atoms with van der Waals surface area (Å²) in [6.07, 6.45) is 1.38. The van der Waals surface area contributed by atoms with Gasteiger partial charge in [-0.2, -0.15) is 5.26 Å². The van der Waals surface area contributed by atoms with Crippen LogP contribution in [0.3, 0.4) is 0 Å². The van der Waals surface area contributed by atoms with Crippen molar-refractivity contribution in [2.24, 2.45) is 0 Å². The van der Waals surface area contributed by atoms with E-state index in [0.29, 0.717) is 12.3 Å². The van der Waals surface area contributed by atoms with E-state index in [1.54, 1.807) is 13.2 Å². The van der Waals surface area contributed by atoms with Gasteiger partial charge in [-0.3, -0.25) is 4.79 Å². The lowest BCUT2D eigenvalue weighted by Gasteiger charge is -2.06. The molecule has 0 aromatic heterocycles. The minimum atomic E-state index is -0.424. The van der Waals surface area contributed by atoms with E-state index in [1.807, 2.05) is 54.6 Å². The van der Waals surface area contributed by atoms with Gasteiger partial charge in [0, 0.05) is 24.5 Å². The molecule has 5 nitrogen and oxygen atoms in total. The van der Waals surface area contributed by atoms with E-state index < -0.39 is 5.91 Å². The van der Waals surface area contributed by atoms with Gasteiger partial charge in [0.15, 0.2) is 0 Å². The van der Waals surface area contributed by atoms with Gasteiger partial charge in [0.1, 0.15) is 17.4 Å². The van der Waals surface area contributed by atoms with Gasteiger partial charge in [0.05, 0.1) is 7.11 Å². The molecule has 0 bridgehead atoms. The third-order valence-electron chi connectivity index (χ3n) is 3.11. The van der Waals surface area contributed by atoms with Gasteiger partial charge in [0.2, 0.25) is 0 Å². The first-order chi connectivity index (χ1) is 11.2. The van der Waals surface area contributed by atoms with Crippen LogP contribution in [0, 0.1) is 11.3 Å². The van der Waals surface area contributed by atoms with Crippen LogP contribution in [0.4, 0.5) is 5.69 Å². The molecule has 0 heterocycles. The van der Waals surface area contributed by atoms with E-state index in [-0.39, 0.29) is 5.57 Å². The largest absolute Gasteiger partial charge is 0.497 e. The smallest absolute Gasteiger partial charge is 0.263 e. The molecule has 0 saturated heterocycles.